The van der Waals surface area contributed by atoms with Crippen LogP contribution in [0.1, 0.15) is 143 Å². The van der Waals surface area contributed by atoms with Crippen molar-refractivity contribution in [3.05, 3.63) is 32.8 Å². The number of hydrogen-bond acceptors (Lipinski definition) is 19. The summed E-state index contributed by atoms with van der Waals surface area (Å²) in [5, 5.41) is 66.9. The summed E-state index contributed by atoms with van der Waals surface area (Å²) in [7, 11) is -1.53. The molecule has 22 nitrogen and oxygen atoms in total. The van der Waals surface area contributed by atoms with Crippen molar-refractivity contribution in [2.75, 3.05) is 32.8 Å². The molecule has 2 heterocycles. The molecular formula is C45H104B3Cl3IN11O11. The van der Waals surface area contributed by atoms with Crippen molar-refractivity contribution in [1.82, 2.24) is 36.0 Å². The lowest BCUT2D eigenvalue weighted by molar-refractivity contribution is 0.159. The summed E-state index contributed by atoms with van der Waals surface area (Å²) < 4.78 is 13.3. The smallest absolute Gasteiger partial charge is 0.438 e. The molecule has 0 amide bonds. The van der Waals surface area contributed by atoms with Gasteiger partial charge in [-0.15, -0.1) is 48.8 Å². The number of halogens is 4. The van der Waals surface area contributed by atoms with E-state index in [1.165, 1.54) is 0 Å². The van der Waals surface area contributed by atoms with Crippen molar-refractivity contribution < 1.29 is 45.5 Å². The number of nitrogens with two attached hydrogens (primary N) is 2. The Kier molecular flexibility index (Phi) is 64.4. The molecule has 0 aliphatic carbocycles. The van der Waals surface area contributed by atoms with Gasteiger partial charge in [0.1, 0.15) is 5.84 Å². The van der Waals surface area contributed by atoms with Gasteiger partial charge in [-0.05, 0) is 139 Å². The summed E-state index contributed by atoms with van der Waals surface area (Å²) in [5.74, 6) is 4.41. The second-order valence-electron chi connectivity index (χ2n) is 19.7. The number of ether oxygens (including phenoxy) is 1. The van der Waals surface area contributed by atoms with Crippen molar-refractivity contribution in [1.29, 1.82) is 0 Å². The van der Waals surface area contributed by atoms with Crippen LogP contribution in [0.3, 0.4) is 0 Å². The minimum atomic E-state index is -0.723. The van der Waals surface area contributed by atoms with Gasteiger partial charge in [-0.25, -0.2) is 14.4 Å². The Labute approximate surface area is 480 Å². The number of nitrogens with zero attached hydrogens (tertiary/aromatic N) is 4. The molecular weight excluding hydrogens is 1140 g/mol. The van der Waals surface area contributed by atoms with Crippen LogP contribution < -0.4 is 38.7 Å². The third kappa shape index (κ3) is 60.5. The molecule has 0 radical (unpaired) electrons. The van der Waals surface area contributed by atoms with Crippen LogP contribution in [0.2, 0.25) is 20.5 Å². The molecule has 0 aliphatic rings. The standard InChI is InChI=1S/C10H20BN3O3.C10H23BN2O2.C9H22BN3O2.C9H17N3O2.C5H9ClO2.2CH4.2ClH.HI.H2/c1-7(2)4-8(6-12-11(3)16)5-9-13-10(15)17-14-9;1-8(2)5-10(6-9(3)13-15)7-12-11(4)14;1-7(2)4-8(5-9(11)13-15)6-12-10(3)14;1-6(2)3-7(5-10)4-8-11-9(13)14-12-8;1-4(2)3-8-5(6)7;;;;;;/h7-8,12,16H,4-6H2,1-3H3,(H,13,14,15);8,10,12,14-15H,5-7H2,1-4H3;7-8,12,14-15H,4-6H2,1-3H3,(H2,11,13);6-7H,3-5,10H2,1-2H3,(H,11,12,13);4H,3H2,1-2H3;2*1H4;4*1H. The Morgan fingerprint density at radius 3 is 1.28 bits per heavy atom. The molecule has 2 rings (SSSR count). The van der Waals surface area contributed by atoms with Gasteiger partial charge in [0, 0.05) is 32.3 Å². The van der Waals surface area contributed by atoms with Crippen molar-refractivity contribution in [3.8, 4) is 0 Å². The van der Waals surface area contributed by atoms with E-state index in [2.05, 4.69) is 115 Å². The van der Waals surface area contributed by atoms with E-state index in [9.17, 15) is 19.4 Å². The van der Waals surface area contributed by atoms with Gasteiger partial charge < -0.3 is 57.4 Å². The Balaban J connectivity index is -0.000000103. The van der Waals surface area contributed by atoms with Crippen LogP contribution in [0.5, 0.6) is 0 Å². The fourth-order valence-corrected chi connectivity index (χ4v) is 6.99. The van der Waals surface area contributed by atoms with Gasteiger partial charge in [-0.1, -0.05) is 105 Å². The average molecular weight is 1240 g/mol. The molecule has 2 aromatic rings. The molecule has 442 valence electrons. The number of nitrogens with one attached hydrogen (secondary N) is 5. The number of amidine groups is 1. The van der Waals surface area contributed by atoms with E-state index in [0.717, 1.165) is 44.4 Å². The third-order valence-electron chi connectivity index (χ3n) is 9.50. The van der Waals surface area contributed by atoms with Crippen LogP contribution in [0.25, 0.3) is 0 Å². The number of carbonyl (C=O) groups is 1. The topological polar surface area (TPSA) is 358 Å². The lowest BCUT2D eigenvalue weighted by Gasteiger charge is -2.19. The first-order chi connectivity index (χ1) is 32.1. The van der Waals surface area contributed by atoms with E-state index < -0.39 is 38.1 Å². The summed E-state index contributed by atoms with van der Waals surface area (Å²) in [5.41, 5.74) is 11.1. The van der Waals surface area contributed by atoms with E-state index in [0.29, 0.717) is 104 Å². The van der Waals surface area contributed by atoms with Crippen LogP contribution in [0, 0.1) is 53.3 Å². The minimum absolute atomic E-state index is 0. The summed E-state index contributed by atoms with van der Waals surface area (Å²) >= 11 is 4.86. The lowest BCUT2D eigenvalue weighted by atomic mass is 9.85. The van der Waals surface area contributed by atoms with Crippen molar-refractivity contribution >= 4 is 98.5 Å². The van der Waals surface area contributed by atoms with Gasteiger partial charge in [-0.2, -0.15) is 0 Å². The molecule has 0 saturated carbocycles. The molecule has 29 heteroatoms. The molecule has 0 bridgehead atoms. The molecule has 0 fully saturated rings. The number of carbonyl (C=O) groups excluding carboxylic acids is 1. The first-order valence-electron chi connectivity index (χ1n) is 24.1. The number of aromatic nitrogens is 4. The highest BCUT2D eigenvalue weighted by molar-refractivity contribution is 14.0. The van der Waals surface area contributed by atoms with E-state index in [-0.39, 0.29) is 76.8 Å². The Morgan fingerprint density at radius 2 is 1.01 bits per heavy atom. The number of oxime groups is 2. The van der Waals surface area contributed by atoms with Crippen molar-refractivity contribution in [3.63, 3.8) is 0 Å². The monoisotopic (exact) mass is 1240 g/mol. The van der Waals surface area contributed by atoms with Crippen LogP contribution >= 0.6 is 60.4 Å². The van der Waals surface area contributed by atoms with Gasteiger partial charge in [0.05, 0.1) is 12.3 Å². The van der Waals surface area contributed by atoms with Gasteiger partial charge in [0.25, 0.3) is 0 Å². The molecule has 74 heavy (non-hydrogen) atoms. The molecule has 0 aliphatic heterocycles. The maximum Gasteiger partial charge on any atom is 0.438 e. The molecule has 4 atom stereocenters. The molecule has 0 aromatic carbocycles. The normalized spacial score (nSPS) is 12.4. The van der Waals surface area contributed by atoms with E-state index >= 15 is 0 Å². The number of aromatic amines is 2. The summed E-state index contributed by atoms with van der Waals surface area (Å²) in [6.45, 7) is 31.1. The zero-order valence-electron chi connectivity index (χ0n) is 45.4. The number of rotatable bonds is 28. The summed E-state index contributed by atoms with van der Waals surface area (Å²) in [6, 6.07) is 0. The van der Waals surface area contributed by atoms with Crippen LogP contribution in [-0.4, -0.2) is 117 Å². The fourth-order valence-electron chi connectivity index (χ4n) is 6.93. The number of hydrogen-bond donors (Lipinski definition) is 12. The fraction of sp³-hybridized carbons (Fsp3) is 0.844. The van der Waals surface area contributed by atoms with Gasteiger partial charge in [0.2, 0.25) is 0 Å². The van der Waals surface area contributed by atoms with Crippen LogP contribution in [-0.2, 0) is 17.6 Å². The molecule has 0 saturated heterocycles. The van der Waals surface area contributed by atoms with Crippen molar-refractivity contribution in [2.24, 2.45) is 75.0 Å². The number of H-pyrrole nitrogens is 2. The van der Waals surface area contributed by atoms with Gasteiger partial charge in [0.15, 0.2) is 11.6 Å². The summed E-state index contributed by atoms with van der Waals surface area (Å²) in [4.78, 5) is 36.4. The predicted molar refractivity (Wildman–Crippen MR) is 323 cm³/mol. The predicted octanol–water partition coefficient (Wildman–Crippen LogP) is 7.87. The van der Waals surface area contributed by atoms with Crippen LogP contribution in [0.4, 0.5) is 4.79 Å². The Hall–Kier alpha value is -2.40. The average Bonchev–Trinajstić information content (AvgIpc) is 3.85. The van der Waals surface area contributed by atoms with E-state index in [1.54, 1.807) is 20.5 Å². The molecule has 14 N–H and O–H groups in total. The lowest BCUT2D eigenvalue weighted by Crippen LogP contribution is -2.36. The molecule has 0 spiro atoms. The quantitative estimate of drug-likeness (QED) is 0.00733. The highest BCUT2D eigenvalue weighted by atomic mass is 127. The second kappa shape index (κ2) is 54.0. The zero-order valence-corrected chi connectivity index (χ0v) is 50.1. The first kappa shape index (κ1) is 88.2. The molecule has 2 aromatic heterocycles. The maximum absolute atomic E-state index is 10.8. The minimum Gasteiger partial charge on any atom is -0.453 e. The van der Waals surface area contributed by atoms with Gasteiger partial charge in [-0.3, -0.25) is 19.0 Å². The Morgan fingerprint density at radius 1 is 0.676 bits per heavy atom. The van der Waals surface area contributed by atoms with E-state index in [4.69, 9.17) is 43.5 Å². The SMILES string of the molecule is C.C.CB(O)NCC(CC(C)=NO)CC(C)C.CB(O)NCC(CC(N)=NO)CC(C)C.CB(O)NCC(Cc1noc(=O)[nH]1)CC(C)C.CC(C)CC(CN)Cc1noc(=O)[nH]1.CC(C)COC(=O)Cl.Cl.Cl.I.[HH]. The summed E-state index contributed by atoms with van der Waals surface area (Å²) in [6.07, 6.45) is 6.72. The maximum atomic E-state index is 10.8. The highest BCUT2D eigenvalue weighted by Crippen LogP contribution is 2.17. The highest BCUT2D eigenvalue weighted by Gasteiger charge is 2.18. The molecule has 4 unspecified atom stereocenters. The Bertz CT molecular complexity index is 1700. The van der Waals surface area contributed by atoms with Gasteiger partial charge >= 0.3 is 38.1 Å². The third-order valence-corrected chi connectivity index (χ3v) is 9.61. The second-order valence-corrected chi connectivity index (χ2v) is 20.0. The zero-order chi connectivity index (χ0) is 53.6. The van der Waals surface area contributed by atoms with E-state index in [1.807, 2.05) is 20.8 Å². The van der Waals surface area contributed by atoms with Crippen LogP contribution in [0.15, 0.2) is 28.9 Å². The van der Waals surface area contributed by atoms with Crippen molar-refractivity contribution in [2.45, 2.75) is 163 Å². The largest absolute Gasteiger partial charge is 0.453 e. The first-order valence-corrected chi connectivity index (χ1v) is 24.5.